The Morgan fingerprint density at radius 1 is 0.585 bits per heavy atom. The van der Waals surface area contributed by atoms with Crippen LogP contribution in [0.2, 0.25) is 0 Å². The summed E-state index contributed by atoms with van der Waals surface area (Å²) < 4.78 is 25.2. The third-order valence-electron chi connectivity index (χ3n) is 6.69. The van der Waals surface area contributed by atoms with Gasteiger partial charge in [-0.15, -0.1) is 0 Å². The predicted octanol–water partition coefficient (Wildman–Crippen LogP) is 8.34. The van der Waals surface area contributed by atoms with Gasteiger partial charge in [0.05, 0.1) is 24.3 Å². The van der Waals surface area contributed by atoms with Gasteiger partial charge in [-0.05, 0) is 61.4 Å². The first-order chi connectivity index (χ1) is 20.0. The zero-order chi connectivity index (χ0) is 29.0. The Labute approximate surface area is 241 Å². The Hall–Kier alpha value is -4.20. The molecule has 2 N–H and O–H groups in total. The first kappa shape index (κ1) is 29.8. The summed E-state index contributed by atoms with van der Waals surface area (Å²) in [7, 11) is 0. The molecule has 0 aliphatic rings. The number of phenolic OH excluding ortho intramolecular Hbond substituents is 2. The average Bonchev–Trinajstić information content (AvgIpc) is 2.97. The molecule has 0 bridgehead atoms. The van der Waals surface area contributed by atoms with Crippen molar-refractivity contribution < 1.29 is 24.1 Å². The SMILES string of the molecule is CCCCCCOc1ccc(-c2nc(-c3ccc(F)cc3)nc(-c3ccc(OCCCCCC)cc3O)n2)c(O)c1. The van der Waals surface area contributed by atoms with Crippen LogP contribution >= 0.6 is 0 Å². The number of halogens is 1. The second kappa shape index (κ2) is 15.0. The molecule has 0 aliphatic heterocycles. The number of aromatic nitrogens is 3. The van der Waals surface area contributed by atoms with Crippen molar-refractivity contribution >= 4 is 0 Å². The molecule has 0 radical (unpaired) electrons. The largest absolute Gasteiger partial charge is 0.507 e. The summed E-state index contributed by atoms with van der Waals surface area (Å²) in [5.41, 5.74) is 1.32. The van der Waals surface area contributed by atoms with E-state index in [1.165, 1.54) is 12.1 Å². The molecule has 0 saturated heterocycles. The molecule has 1 heterocycles. The maximum absolute atomic E-state index is 13.6. The monoisotopic (exact) mass is 559 g/mol. The topological polar surface area (TPSA) is 97.6 Å². The lowest BCUT2D eigenvalue weighted by Crippen LogP contribution is -2.02. The van der Waals surface area contributed by atoms with E-state index < -0.39 is 0 Å². The summed E-state index contributed by atoms with van der Waals surface area (Å²) in [6.45, 7) is 5.46. The molecule has 3 aromatic carbocycles. The number of ether oxygens (including phenoxy) is 2. The highest BCUT2D eigenvalue weighted by molar-refractivity contribution is 5.72. The summed E-state index contributed by atoms with van der Waals surface area (Å²) in [5, 5.41) is 21.8. The number of benzene rings is 3. The second-order valence-electron chi connectivity index (χ2n) is 9.99. The molecule has 4 aromatic rings. The highest BCUT2D eigenvalue weighted by Crippen LogP contribution is 2.35. The third-order valence-corrected chi connectivity index (χ3v) is 6.69. The summed E-state index contributed by atoms with van der Waals surface area (Å²) in [4.78, 5) is 13.7. The van der Waals surface area contributed by atoms with Crippen molar-refractivity contribution in [3.05, 3.63) is 66.5 Å². The minimum Gasteiger partial charge on any atom is -0.507 e. The molecule has 1 aromatic heterocycles. The molecular weight excluding hydrogens is 521 g/mol. The van der Waals surface area contributed by atoms with Crippen molar-refractivity contribution in [2.24, 2.45) is 0 Å². The number of aromatic hydroxyl groups is 2. The van der Waals surface area contributed by atoms with Gasteiger partial charge in [0, 0.05) is 17.7 Å². The molecule has 216 valence electrons. The van der Waals surface area contributed by atoms with Crippen LogP contribution in [-0.2, 0) is 0 Å². The van der Waals surface area contributed by atoms with Gasteiger partial charge in [0.15, 0.2) is 17.5 Å². The predicted molar refractivity (Wildman–Crippen MR) is 159 cm³/mol. The van der Waals surface area contributed by atoms with Gasteiger partial charge in [-0.1, -0.05) is 52.4 Å². The van der Waals surface area contributed by atoms with Gasteiger partial charge in [0.25, 0.3) is 0 Å². The van der Waals surface area contributed by atoms with E-state index in [0.717, 1.165) is 51.4 Å². The molecule has 0 saturated carbocycles. The van der Waals surface area contributed by atoms with Crippen LogP contribution in [0.15, 0.2) is 60.7 Å². The van der Waals surface area contributed by atoms with Crippen molar-refractivity contribution in [3.8, 4) is 57.2 Å². The van der Waals surface area contributed by atoms with E-state index >= 15 is 0 Å². The van der Waals surface area contributed by atoms with E-state index in [1.807, 2.05) is 0 Å². The summed E-state index contributed by atoms with van der Waals surface area (Å²) in [5.74, 6) is 1.32. The minimum absolute atomic E-state index is 0.0469. The number of hydrogen-bond donors (Lipinski definition) is 2. The smallest absolute Gasteiger partial charge is 0.167 e. The van der Waals surface area contributed by atoms with E-state index in [-0.39, 0.29) is 34.8 Å². The lowest BCUT2D eigenvalue weighted by Gasteiger charge is -2.12. The molecule has 0 spiro atoms. The van der Waals surface area contributed by atoms with E-state index in [1.54, 1.807) is 48.5 Å². The molecule has 8 heteroatoms. The van der Waals surface area contributed by atoms with E-state index in [2.05, 4.69) is 28.8 Å². The zero-order valence-corrected chi connectivity index (χ0v) is 23.8. The fourth-order valence-corrected chi connectivity index (χ4v) is 4.36. The molecule has 0 unspecified atom stereocenters. The molecule has 0 amide bonds. The summed E-state index contributed by atoms with van der Waals surface area (Å²) in [6, 6.07) is 15.8. The van der Waals surface area contributed by atoms with Crippen molar-refractivity contribution in [1.82, 2.24) is 15.0 Å². The molecule has 4 rings (SSSR count). The molecule has 7 nitrogen and oxygen atoms in total. The van der Waals surface area contributed by atoms with Crippen LogP contribution in [-0.4, -0.2) is 38.4 Å². The number of rotatable bonds is 15. The first-order valence-electron chi connectivity index (χ1n) is 14.4. The van der Waals surface area contributed by atoms with Gasteiger partial charge in [0.2, 0.25) is 0 Å². The normalized spacial score (nSPS) is 11.0. The fourth-order valence-electron chi connectivity index (χ4n) is 4.36. The third kappa shape index (κ3) is 8.39. The van der Waals surface area contributed by atoms with E-state index in [4.69, 9.17) is 9.47 Å². The number of nitrogens with zero attached hydrogens (tertiary/aromatic N) is 3. The van der Waals surface area contributed by atoms with Gasteiger partial charge in [0.1, 0.15) is 28.8 Å². The van der Waals surface area contributed by atoms with E-state index in [9.17, 15) is 14.6 Å². The molecular formula is C33H38FN3O4. The lowest BCUT2D eigenvalue weighted by molar-refractivity contribution is 0.303. The van der Waals surface area contributed by atoms with Gasteiger partial charge in [-0.25, -0.2) is 19.3 Å². The lowest BCUT2D eigenvalue weighted by atomic mass is 10.1. The molecule has 41 heavy (non-hydrogen) atoms. The van der Waals surface area contributed by atoms with Crippen LogP contribution in [0.3, 0.4) is 0 Å². The Balaban J connectivity index is 1.63. The first-order valence-corrected chi connectivity index (χ1v) is 14.4. The number of unbranched alkanes of at least 4 members (excludes halogenated alkanes) is 6. The highest BCUT2D eigenvalue weighted by Gasteiger charge is 2.17. The van der Waals surface area contributed by atoms with Crippen LogP contribution in [0.5, 0.6) is 23.0 Å². The maximum Gasteiger partial charge on any atom is 0.167 e. The Morgan fingerprint density at radius 3 is 1.49 bits per heavy atom. The van der Waals surface area contributed by atoms with Crippen molar-refractivity contribution in [3.63, 3.8) is 0 Å². The van der Waals surface area contributed by atoms with Gasteiger partial charge < -0.3 is 19.7 Å². The van der Waals surface area contributed by atoms with Gasteiger partial charge >= 0.3 is 0 Å². The van der Waals surface area contributed by atoms with Crippen LogP contribution < -0.4 is 9.47 Å². The number of phenols is 2. The Kier molecular flexibility index (Phi) is 10.9. The van der Waals surface area contributed by atoms with Crippen molar-refractivity contribution in [2.75, 3.05) is 13.2 Å². The van der Waals surface area contributed by atoms with Crippen LogP contribution in [0.1, 0.15) is 65.2 Å². The zero-order valence-electron chi connectivity index (χ0n) is 23.8. The Morgan fingerprint density at radius 2 is 1.05 bits per heavy atom. The van der Waals surface area contributed by atoms with Crippen LogP contribution in [0, 0.1) is 5.82 Å². The van der Waals surface area contributed by atoms with Crippen molar-refractivity contribution in [1.29, 1.82) is 0 Å². The minimum atomic E-state index is -0.380. The van der Waals surface area contributed by atoms with Gasteiger partial charge in [-0.3, -0.25) is 0 Å². The van der Waals surface area contributed by atoms with Gasteiger partial charge in [-0.2, -0.15) is 0 Å². The van der Waals surface area contributed by atoms with Crippen LogP contribution in [0.25, 0.3) is 34.2 Å². The van der Waals surface area contributed by atoms with Crippen LogP contribution in [0.4, 0.5) is 4.39 Å². The number of hydrogen-bond acceptors (Lipinski definition) is 7. The summed E-state index contributed by atoms with van der Waals surface area (Å²) >= 11 is 0. The Bertz CT molecular complexity index is 1330. The maximum atomic E-state index is 13.6. The van der Waals surface area contributed by atoms with Crippen molar-refractivity contribution in [2.45, 2.75) is 65.2 Å². The van der Waals surface area contributed by atoms with E-state index in [0.29, 0.717) is 41.4 Å². The average molecular weight is 560 g/mol. The highest BCUT2D eigenvalue weighted by atomic mass is 19.1. The quantitative estimate of drug-likeness (QED) is 0.141. The second-order valence-corrected chi connectivity index (χ2v) is 9.99. The molecule has 0 atom stereocenters. The molecule has 0 aliphatic carbocycles. The fraction of sp³-hybridized carbons (Fsp3) is 0.364. The summed E-state index contributed by atoms with van der Waals surface area (Å²) in [6.07, 6.45) is 8.71. The molecule has 0 fully saturated rings. The standard InChI is InChI=1S/C33H38FN3O4/c1-3-5-7-9-19-40-25-15-17-27(29(38)21-25)32-35-31(23-11-13-24(34)14-12-23)36-33(37-32)28-18-16-26(22-30(28)39)41-20-10-8-6-4-2/h11-18,21-22,38-39H,3-10,19-20H2,1-2H3.